The van der Waals surface area contributed by atoms with Gasteiger partial charge in [-0.05, 0) is 38.5 Å². The molecule has 1 aliphatic rings. The van der Waals surface area contributed by atoms with Gasteiger partial charge in [-0.2, -0.15) is 5.10 Å². The molecule has 1 atom stereocenters. The molecule has 0 spiro atoms. The van der Waals surface area contributed by atoms with E-state index in [1.165, 1.54) is 5.56 Å². The maximum absolute atomic E-state index is 5.81. The number of ether oxygens (including phenoxy) is 2. The molecule has 1 aromatic carbocycles. The normalized spacial score (nSPS) is 19.2. The van der Waals surface area contributed by atoms with Gasteiger partial charge in [0.05, 0.1) is 12.7 Å². The maximum Gasteiger partial charge on any atom is 0.180 e. The first-order valence-electron chi connectivity index (χ1n) is 8.08. The summed E-state index contributed by atoms with van der Waals surface area (Å²) >= 11 is 0. The fraction of sp³-hybridized carbons (Fsp3) is 0.529. The lowest BCUT2D eigenvalue weighted by atomic mass is 10.1. The highest BCUT2D eigenvalue weighted by atomic mass is 16.5. The second kappa shape index (κ2) is 7.10. The molecule has 1 aliphatic heterocycles. The van der Waals surface area contributed by atoms with Gasteiger partial charge in [0.1, 0.15) is 17.7 Å². The second-order valence-electron chi connectivity index (χ2n) is 6.19. The molecule has 2 heterocycles. The van der Waals surface area contributed by atoms with Gasteiger partial charge in [0.2, 0.25) is 0 Å². The summed E-state index contributed by atoms with van der Waals surface area (Å²) in [6.45, 7) is 9.26. The molecular formula is C17H24N4O2. The third-order valence-corrected chi connectivity index (χ3v) is 3.73. The summed E-state index contributed by atoms with van der Waals surface area (Å²) in [6, 6.07) is 8.29. The van der Waals surface area contributed by atoms with Gasteiger partial charge >= 0.3 is 0 Å². The summed E-state index contributed by atoms with van der Waals surface area (Å²) in [5, 5.41) is 7.10. The maximum atomic E-state index is 5.81. The number of H-pyrrole nitrogens is 1. The third-order valence-electron chi connectivity index (χ3n) is 3.73. The fourth-order valence-corrected chi connectivity index (χ4v) is 2.75. The molecule has 2 aromatic rings. The highest BCUT2D eigenvalue weighted by Crippen LogP contribution is 2.22. The SMILES string of the molecule is Cc1nc([C@H]2CN(Cc3cccc(OC(C)C)c3)CCO2)n[nH]1. The Morgan fingerprint density at radius 1 is 1.43 bits per heavy atom. The van der Waals surface area contributed by atoms with Crippen LogP contribution in [0.3, 0.4) is 0 Å². The molecule has 3 rings (SSSR count). The van der Waals surface area contributed by atoms with Crippen molar-refractivity contribution in [1.82, 2.24) is 20.1 Å². The van der Waals surface area contributed by atoms with E-state index in [0.717, 1.165) is 37.0 Å². The van der Waals surface area contributed by atoms with Gasteiger partial charge in [-0.15, -0.1) is 0 Å². The van der Waals surface area contributed by atoms with Crippen molar-refractivity contribution in [1.29, 1.82) is 0 Å². The van der Waals surface area contributed by atoms with E-state index >= 15 is 0 Å². The van der Waals surface area contributed by atoms with Crippen LogP contribution in [-0.2, 0) is 11.3 Å². The topological polar surface area (TPSA) is 63.3 Å². The Kier molecular flexibility index (Phi) is 4.93. The average molecular weight is 316 g/mol. The third kappa shape index (κ3) is 4.30. The summed E-state index contributed by atoms with van der Waals surface area (Å²) in [5.41, 5.74) is 1.25. The molecule has 1 fully saturated rings. The first-order chi connectivity index (χ1) is 11.1. The van der Waals surface area contributed by atoms with Crippen molar-refractivity contribution in [3.8, 4) is 5.75 Å². The van der Waals surface area contributed by atoms with E-state index in [1.54, 1.807) is 0 Å². The number of aromatic amines is 1. The van der Waals surface area contributed by atoms with Crippen molar-refractivity contribution in [2.45, 2.75) is 39.5 Å². The fourth-order valence-electron chi connectivity index (χ4n) is 2.75. The minimum Gasteiger partial charge on any atom is -0.491 e. The summed E-state index contributed by atoms with van der Waals surface area (Å²) in [4.78, 5) is 6.75. The molecule has 23 heavy (non-hydrogen) atoms. The zero-order chi connectivity index (χ0) is 16.2. The highest BCUT2D eigenvalue weighted by molar-refractivity contribution is 5.28. The van der Waals surface area contributed by atoms with Gasteiger partial charge in [0.25, 0.3) is 0 Å². The summed E-state index contributed by atoms with van der Waals surface area (Å²) in [5.74, 6) is 2.48. The molecule has 1 saturated heterocycles. The second-order valence-corrected chi connectivity index (χ2v) is 6.19. The van der Waals surface area contributed by atoms with E-state index in [2.05, 4.69) is 32.2 Å². The highest BCUT2D eigenvalue weighted by Gasteiger charge is 2.25. The van der Waals surface area contributed by atoms with Gasteiger partial charge in [0, 0.05) is 19.6 Å². The summed E-state index contributed by atoms with van der Waals surface area (Å²) in [7, 11) is 0. The molecule has 0 bridgehead atoms. The smallest absolute Gasteiger partial charge is 0.180 e. The Bertz CT molecular complexity index is 641. The lowest BCUT2D eigenvalue weighted by Gasteiger charge is -2.31. The standard InChI is InChI=1S/C17H24N4O2/c1-12(2)23-15-6-4-5-14(9-15)10-21-7-8-22-16(11-21)17-18-13(3)19-20-17/h4-6,9,12,16H,7-8,10-11H2,1-3H3,(H,18,19,20)/t16-/m1/s1. The lowest BCUT2D eigenvalue weighted by Crippen LogP contribution is -2.38. The Morgan fingerprint density at radius 3 is 3.04 bits per heavy atom. The molecule has 0 saturated carbocycles. The number of nitrogens with zero attached hydrogens (tertiary/aromatic N) is 3. The predicted octanol–water partition coefficient (Wildman–Crippen LogP) is 2.47. The molecule has 1 aromatic heterocycles. The number of morpholine rings is 1. The van der Waals surface area contributed by atoms with Gasteiger partial charge in [0.15, 0.2) is 5.82 Å². The first-order valence-corrected chi connectivity index (χ1v) is 8.08. The minimum atomic E-state index is -0.0659. The molecule has 6 nitrogen and oxygen atoms in total. The van der Waals surface area contributed by atoms with Gasteiger partial charge in [-0.1, -0.05) is 12.1 Å². The number of aromatic nitrogens is 3. The molecule has 0 aliphatic carbocycles. The first kappa shape index (κ1) is 16.0. The number of hydrogen-bond donors (Lipinski definition) is 1. The zero-order valence-electron chi connectivity index (χ0n) is 14.0. The van der Waals surface area contributed by atoms with Crippen LogP contribution < -0.4 is 4.74 Å². The Morgan fingerprint density at radius 2 is 2.30 bits per heavy atom. The lowest BCUT2D eigenvalue weighted by molar-refractivity contribution is -0.0370. The van der Waals surface area contributed by atoms with Crippen LogP contribution in [0, 0.1) is 6.92 Å². The number of rotatable bonds is 5. The number of aryl methyl sites for hydroxylation is 1. The van der Waals surface area contributed by atoms with Crippen LogP contribution in [0.2, 0.25) is 0 Å². The van der Waals surface area contributed by atoms with E-state index in [0.29, 0.717) is 6.61 Å². The van der Waals surface area contributed by atoms with E-state index in [4.69, 9.17) is 9.47 Å². The van der Waals surface area contributed by atoms with Crippen molar-refractivity contribution in [3.05, 3.63) is 41.5 Å². The molecule has 124 valence electrons. The number of nitrogens with one attached hydrogen (secondary N) is 1. The molecule has 1 N–H and O–H groups in total. The molecule has 0 radical (unpaired) electrons. The van der Waals surface area contributed by atoms with Crippen LogP contribution in [-0.4, -0.2) is 45.9 Å². The summed E-state index contributed by atoms with van der Waals surface area (Å²) < 4.78 is 11.6. The quantitative estimate of drug-likeness (QED) is 0.918. The largest absolute Gasteiger partial charge is 0.491 e. The number of benzene rings is 1. The Hall–Kier alpha value is -1.92. The van der Waals surface area contributed by atoms with Crippen molar-refractivity contribution in [2.24, 2.45) is 0 Å². The predicted molar refractivity (Wildman–Crippen MR) is 87.3 cm³/mol. The minimum absolute atomic E-state index is 0.0659. The van der Waals surface area contributed by atoms with Crippen molar-refractivity contribution < 1.29 is 9.47 Å². The van der Waals surface area contributed by atoms with Crippen molar-refractivity contribution in [2.75, 3.05) is 19.7 Å². The van der Waals surface area contributed by atoms with E-state index in [-0.39, 0.29) is 12.2 Å². The van der Waals surface area contributed by atoms with Gasteiger partial charge in [-0.25, -0.2) is 4.98 Å². The van der Waals surface area contributed by atoms with Gasteiger partial charge < -0.3 is 9.47 Å². The van der Waals surface area contributed by atoms with Crippen LogP contribution >= 0.6 is 0 Å². The van der Waals surface area contributed by atoms with Crippen LogP contribution in [0.15, 0.2) is 24.3 Å². The molecule has 0 amide bonds. The van der Waals surface area contributed by atoms with E-state index in [9.17, 15) is 0 Å². The van der Waals surface area contributed by atoms with Crippen molar-refractivity contribution >= 4 is 0 Å². The van der Waals surface area contributed by atoms with Crippen LogP contribution in [0.4, 0.5) is 0 Å². The van der Waals surface area contributed by atoms with E-state index < -0.39 is 0 Å². The molecule has 6 heteroatoms. The number of hydrogen-bond acceptors (Lipinski definition) is 5. The van der Waals surface area contributed by atoms with E-state index in [1.807, 2.05) is 32.9 Å². The van der Waals surface area contributed by atoms with Crippen molar-refractivity contribution in [3.63, 3.8) is 0 Å². The van der Waals surface area contributed by atoms with Crippen LogP contribution in [0.1, 0.15) is 37.2 Å². The zero-order valence-corrected chi connectivity index (χ0v) is 14.0. The monoisotopic (exact) mass is 316 g/mol. The summed E-state index contributed by atoms with van der Waals surface area (Å²) in [6.07, 6.45) is 0.121. The van der Waals surface area contributed by atoms with Crippen LogP contribution in [0.25, 0.3) is 0 Å². The molecule has 0 unspecified atom stereocenters. The van der Waals surface area contributed by atoms with Crippen LogP contribution in [0.5, 0.6) is 5.75 Å². The average Bonchev–Trinajstić information content (AvgIpc) is 2.94. The van der Waals surface area contributed by atoms with Gasteiger partial charge in [-0.3, -0.25) is 10.00 Å². The molecular weight excluding hydrogens is 292 g/mol. The Balaban J connectivity index is 1.63. The Labute approximate surface area is 136 Å².